The topological polar surface area (TPSA) is 88.8 Å². The van der Waals surface area contributed by atoms with Crippen LogP contribution in [0.25, 0.3) is 11.4 Å². The lowest BCUT2D eigenvalue weighted by atomic mass is 10.0. The molecular weight excluding hydrogens is 411 g/mol. The molecule has 0 saturated carbocycles. The largest absolute Gasteiger partial charge is 0.419 e. The average Bonchev–Trinajstić information content (AvgIpc) is 3.37. The highest BCUT2D eigenvalue weighted by atomic mass is 19.4. The second-order valence-corrected chi connectivity index (χ2v) is 7.38. The normalized spacial score (nSPS) is 16.5. The predicted molar refractivity (Wildman–Crippen MR) is 106 cm³/mol. The summed E-state index contributed by atoms with van der Waals surface area (Å²) in [5, 5.41) is 6.82. The van der Waals surface area contributed by atoms with Crippen LogP contribution in [0.5, 0.6) is 0 Å². The summed E-state index contributed by atoms with van der Waals surface area (Å²) in [6.07, 6.45) is 0.734. The molecule has 0 radical (unpaired) electrons. The molecule has 0 bridgehead atoms. The van der Waals surface area contributed by atoms with Gasteiger partial charge in [-0.3, -0.25) is 9.48 Å². The fourth-order valence-corrected chi connectivity index (χ4v) is 3.55. The highest BCUT2D eigenvalue weighted by Gasteiger charge is 2.34. The minimum atomic E-state index is -4.56. The third kappa shape index (κ3) is 4.49. The zero-order valence-corrected chi connectivity index (χ0v) is 16.9. The monoisotopic (exact) mass is 431 g/mol. The van der Waals surface area contributed by atoms with Crippen molar-refractivity contribution in [2.75, 3.05) is 18.4 Å². The molecule has 0 aromatic carbocycles. The molecule has 1 fully saturated rings. The summed E-state index contributed by atoms with van der Waals surface area (Å²) in [6.45, 7) is 2.61. The van der Waals surface area contributed by atoms with Gasteiger partial charge in [0.2, 0.25) is 5.91 Å². The van der Waals surface area contributed by atoms with Crippen LogP contribution in [-0.2, 0) is 18.0 Å². The number of aryl methyl sites for hydroxylation is 1. The third-order valence-corrected chi connectivity index (χ3v) is 5.12. The van der Waals surface area contributed by atoms with Crippen molar-refractivity contribution in [1.29, 1.82) is 0 Å². The molecule has 31 heavy (non-hydrogen) atoms. The summed E-state index contributed by atoms with van der Waals surface area (Å²) < 4.78 is 41.7. The minimum Gasteiger partial charge on any atom is -0.342 e. The Morgan fingerprint density at radius 1 is 1.29 bits per heavy atom. The third-order valence-electron chi connectivity index (χ3n) is 5.12. The highest BCUT2D eigenvalue weighted by molar-refractivity contribution is 5.73. The van der Waals surface area contributed by atoms with Crippen LogP contribution < -0.4 is 5.32 Å². The molecule has 11 heteroatoms. The molecule has 3 aromatic rings. The molecule has 1 atom stereocenters. The van der Waals surface area contributed by atoms with E-state index in [1.54, 1.807) is 35.1 Å². The van der Waals surface area contributed by atoms with Crippen LogP contribution in [0.15, 0.2) is 36.8 Å². The predicted octanol–water partition coefficient (Wildman–Crippen LogP) is 3.37. The lowest BCUT2D eigenvalue weighted by molar-refractivity contribution is -0.137. The number of alkyl halides is 3. The molecule has 0 spiro atoms. The minimum absolute atomic E-state index is 0.0225. The van der Waals surface area contributed by atoms with Gasteiger partial charge in [0.25, 0.3) is 0 Å². The molecule has 1 aliphatic rings. The smallest absolute Gasteiger partial charge is 0.342 e. The lowest BCUT2D eigenvalue weighted by Gasteiger charge is -2.16. The van der Waals surface area contributed by atoms with Crippen LogP contribution in [0.1, 0.15) is 30.5 Å². The average molecular weight is 431 g/mol. The van der Waals surface area contributed by atoms with Crippen molar-refractivity contribution in [3.05, 3.63) is 48.0 Å². The molecule has 8 nitrogen and oxygen atoms in total. The lowest BCUT2D eigenvalue weighted by Crippen LogP contribution is -2.25. The Morgan fingerprint density at radius 3 is 2.74 bits per heavy atom. The number of nitrogens with one attached hydrogen (secondary N) is 1. The van der Waals surface area contributed by atoms with Crippen LogP contribution in [0.4, 0.5) is 24.8 Å². The number of amides is 1. The van der Waals surface area contributed by atoms with Gasteiger partial charge in [-0.2, -0.15) is 18.3 Å². The van der Waals surface area contributed by atoms with E-state index in [0.29, 0.717) is 36.6 Å². The van der Waals surface area contributed by atoms with E-state index in [0.717, 1.165) is 6.07 Å². The van der Waals surface area contributed by atoms with Crippen molar-refractivity contribution >= 4 is 17.5 Å². The number of anilines is 2. The molecule has 162 valence electrons. The van der Waals surface area contributed by atoms with Crippen molar-refractivity contribution in [3.8, 4) is 11.4 Å². The first kappa shape index (κ1) is 20.8. The Labute approximate surface area is 176 Å². The van der Waals surface area contributed by atoms with E-state index in [-0.39, 0.29) is 23.5 Å². The second-order valence-electron chi connectivity index (χ2n) is 7.38. The van der Waals surface area contributed by atoms with Crippen LogP contribution in [0.3, 0.4) is 0 Å². The quantitative estimate of drug-likeness (QED) is 0.682. The first-order valence-corrected chi connectivity index (χ1v) is 9.63. The maximum atomic E-state index is 13.4. The van der Waals surface area contributed by atoms with Gasteiger partial charge in [-0.15, -0.1) is 0 Å². The highest BCUT2D eigenvalue weighted by Crippen LogP contribution is 2.35. The summed E-state index contributed by atoms with van der Waals surface area (Å²) in [7, 11) is 1.75. The number of hydrogen-bond donors (Lipinski definition) is 1. The summed E-state index contributed by atoms with van der Waals surface area (Å²) in [5.74, 6) is 0.112. The molecular formula is C20H20F3N7O. The molecule has 4 rings (SSSR count). The number of likely N-dealkylation sites (tertiary alicyclic amines) is 1. The van der Waals surface area contributed by atoms with Crippen molar-refractivity contribution in [1.82, 2.24) is 29.6 Å². The van der Waals surface area contributed by atoms with Gasteiger partial charge in [-0.1, -0.05) is 0 Å². The summed E-state index contributed by atoms with van der Waals surface area (Å²) in [4.78, 5) is 26.3. The maximum absolute atomic E-state index is 13.4. The molecule has 1 N–H and O–H groups in total. The number of carbonyl (C=O) groups is 1. The SMILES string of the molecule is CC(=O)N1CCC(c2cc(Nc3ncccc3C(F)(F)F)nc(-c3cnn(C)c3)n2)C1. The van der Waals surface area contributed by atoms with Crippen molar-refractivity contribution in [2.24, 2.45) is 7.05 Å². The summed E-state index contributed by atoms with van der Waals surface area (Å²) in [6, 6.07) is 3.81. The van der Waals surface area contributed by atoms with E-state index in [9.17, 15) is 18.0 Å². The van der Waals surface area contributed by atoms with Gasteiger partial charge < -0.3 is 10.2 Å². The van der Waals surface area contributed by atoms with E-state index in [1.165, 1.54) is 19.2 Å². The number of hydrogen-bond acceptors (Lipinski definition) is 6. The maximum Gasteiger partial charge on any atom is 0.419 e. The zero-order chi connectivity index (χ0) is 22.2. The van der Waals surface area contributed by atoms with Gasteiger partial charge >= 0.3 is 6.18 Å². The van der Waals surface area contributed by atoms with Crippen LogP contribution in [0.2, 0.25) is 0 Å². The first-order valence-electron chi connectivity index (χ1n) is 9.63. The van der Waals surface area contributed by atoms with E-state index < -0.39 is 11.7 Å². The number of rotatable bonds is 4. The Kier molecular flexibility index (Phi) is 5.34. The summed E-state index contributed by atoms with van der Waals surface area (Å²) >= 11 is 0. The van der Waals surface area contributed by atoms with Crippen molar-refractivity contribution in [2.45, 2.75) is 25.4 Å². The molecule has 0 aliphatic carbocycles. The van der Waals surface area contributed by atoms with Gasteiger partial charge in [0, 0.05) is 51.4 Å². The Bertz CT molecular complexity index is 1110. The first-order chi connectivity index (χ1) is 14.7. The molecule has 3 aromatic heterocycles. The Balaban J connectivity index is 1.73. The van der Waals surface area contributed by atoms with Crippen LogP contribution in [-0.4, -0.2) is 48.6 Å². The van der Waals surface area contributed by atoms with Crippen LogP contribution in [0, 0.1) is 0 Å². The van der Waals surface area contributed by atoms with E-state index in [2.05, 4.69) is 25.4 Å². The zero-order valence-electron chi connectivity index (χ0n) is 16.9. The molecule has 1 unspecified atom stereocenters. The number of pyridine rings is 1. The molecule has 1 saturated heterocycles. The van der Waals surface area contributed by atoms with Gasteiger partial charge in [0.1, 0.15) is 11.6 Å². The van der Waals surface area contributed by atoms with Crippen molar-refractivity contribution in [3.63, 3.8) is 0 Å². The van der Waals surface area contributed by atoms with E-state index in [1.807, 2.05) is 0 Å². The van der Waals surface area contributed by atoms with Gasteiger partial charge in [-0.25, -0.2) is 15.0 Å². The van der Waals surface area contributed by atoms with Gasteiger partial charge in [0.15, 0.2) is 5.82 Å². The molecule has 4 heterocycles. The van der Waals surface area contributed by atoms with Crippen molar-refractivity contribution < 1.29 is 18.0 Å². The Hall–Kier alpha value is -3.50. The fraction of sp³-hybridized carbons (Fsp3) is 0.350. The summed E-state index contributed by atoms with van der Waals surface area (Å²) in [5.41, 5.74) is 0.386. The second kappa shape index (κ2) is 7.97. The molecule has 1 aliphatic heterocycles. The van der Waals surface area contributed by atoms with Gasteiger partial charge in [0.05, 0.1) is 23.0 Å². The fourth-order valence-electron chi connectivity index (χ4n) is 3.55. The number of aromatic nitrogens is 5. The van der Waals surface area contributed by atoms with E-state index in [4.69, 9.17) is 0 Å². The Morgan fingerprint density at radius 2 is 2.10 bits per heavy atom. The standard InChI is InChI=1S/C20H20F3N7O/c1-12(31)30-7-5-13(11-30)16-8-17(27-18(26-16)14-9-25-29(2)10-14)28-19-15(20(21,22)23)4-3-6-24-19/h3-4,6,8-10,13H,5,7,11H2,1-2H3,(H,24,26,27,28). The van der Waals surface area contributed by atoms with Gasteiger partial charge in [-0.05, 0) is 18.6 Å². The van der Waals surface area contributed by atoms with E-state index >= 15 is 0 Å². The number of halogens is 3. The molecule has 1 amide bonds. The van der Waals surface area contributed by atoms with Crippen LogP contribution >= 0.6 is 0 Å². The number of carbonyl (C=O) groups excluding carboxylic acids is 1. The number of nitrogens with zero attached hydrogens (tertiary/aromatic N) is 6.